The average molecular weight is 400 g/mol. The van der Waals surface area contributed by atoms with Gasteiger partial charge in [-0.15, -0.1) is 10.2 Å². The molecular formula is C22H29N3O2S. The Morgan fingerprint density at radius 2 is 1.93 bits per heavy atom. The number of nitrogens with zero attached hydrogens (tertiary/aromatic N) is 2. The first-order chi connectivity index (χ1) is 13.5. The van der Waals surface area contributed by atoms with Gasteiger partial charge in [0.2, 0.25) is 0 Å². The summed E-state index contributed by atoms with van der Waals surface area (Å²) in [5.74, 6) is 3.21. The standard InChI is InChI=1S/C22H29N3O2S/c1-3-15-8-16-10-17(9-15)12-22(2,11-16)18-4-6-19(7-5-18)27-20(26)13-28-21-23-14-24-25-21/h4-7,14-17H,3,8-13H2,1-2H3,(H,23,24,25). The van der Waals surface area contributed by atoms with E-state index in [1.165, 1.54) is 62.2 Å². The highest BCUT2D eigenvalue weighted by Gasteiger charge is 2.42. The molecule has 1 N–H and O–H groups in total. The molecule has 6 heteroatoms. The molecule has 1 aromatic carbocycles. The second-order valence-corrected chi connectivity index (χ2v) is 9.73. The molecule has 0 saturated heterocycles. The minimum Gasteiger partial charge on any atom is -0.426 e. The van der Waals surface area contributed by atoms with Crippen molar-refractivity contribution in [2.45, 2.75) is 62.9 Å². The molecule has 0 amide bonds. The third-order valence-corrected chi connectivity index (χ3v) is 7.41. The van der Waals surface area contributed by atoms with Gasteiger partial charge in [0.1, 0.15) is 12.1 Å². The second-order valence-electron chi connectivity index (χ2n) is 8.76. The number of H-pyrrole nitrogens is 1. The molecule has 150 valence electrons. The average Bonchev–Trinajstić information content (AvgIpc) is 3.19. The van der Waals surface area contributed by atoms with Gasteiger partial charge in [0.05, 0.1) is 5.75 Å². The number of thioether (sulfide) groups is 1. The minimum atomic E-state index is -0.279. The van der Waals surface area contributed by atoms with Crippen LogP contribution in [0.1, 0.15) is 57.9 Å². The van der Waals surface area contributed by atoms with Gasteiger partial charge in [0.25, 0.3) is 0 Å². The Morgan fingerprint density at radius 1 is 1.21 bits per heavy atom. The van der Waals surface area contributed by atoms with Gasteiger partial charge in [-0.25, -0.2) is 0 Å². The predicted molar refractivity (Wildman–Crippen MR) is 110 cm³/mol. The third kappa shape index (κ3) is 4.43. The molecule has 2 atom stereocenters. The van der Waals surface area contributed by atoms with Gasteiger partial charge in [0.15, 0.2) is 5.16 Å². The number of ether oxygens (including phenoxy) is 1. The monoisotopic (exact) mass is 399 g/mol. The number of esters is 1. The summed E-state index contributed by atoms with van der Waals surface area (Å²) in [4.78, 5) is 14.9. The lowest BCUT2D eigenvalue weighted by Gasteiger charge is -2.48. The zero-order valence-electron chi connectivity index (χ0n) is 16.7. The highest BCUT2D eigenvalue weighted by atomic mass is 32.2. The van der Waals surface area contributed by atoms with Crippen LogP contribution >= 0.6 is 11.8 Å². The first-order valence-electron chi connectivity index (χ1n) is 10.3. The van der Waals surface area contributed by atoms with Crippen molar-refractivity contribution in [3.8, 4) is 5.75 Å². The number of aromatic nitrogens is 3. The maximum absolute atomic E-state index is 12.0. The summed E-state index contributed by atoms with van der Waals surface area (Å²) < 4.78 is 5.47. The van der Waals surface area contributed by atoms with Crippen LogP contribution in [0.3, 0.4) is 0 Å². The van der Waals surface area contributed by atoms with Gasteiger partial charge < -0.3 is 9.72 Å². The lowest BCUT2D eigenvalue weighted by atomic mass is 9.57. The zero-order chi connectivity index (χ0) is 19.6. The van der Waals surface area contributed by atoms with E-state index in [-0.39, 0.29) is 17.1 Å². The van der Waals surface area contributed by atoms with Crippen LogP contribution < -0.4 is 4.74 Å². The molecule has 2 aromatic rings. The van der Waals surface area contributed by atoms with E-state index in [9.17, 15) is 4.79 Å². The predicted octanol–water partition coefficient (Wildman–Crippen LogP) is 5.00. The van der Waals surface area contributed by atoms with Crippen molar-refractivity contribution in [1.29, 1.82) is 0 Å². The molecule has 2 unspecified atom stereocenters. The van der Waals surface area contributed by atoms with E-state index < -0.39 is 0 Å². The molecule has 0 aliphatic heterocycles. The van der Waals surface area contributed by atoms with Crippen molar-refractivity contribution in [2.24, 2.45) is 17.8 Å². The molecule has 4 rings (SSSR count). The second kappa shape index (κ2) is 8.27. The van der Waals surface area contributed by atoms with Crippen molar-refractivity contribution >= 4 is 17.7 Å². The van der Waals surface area contributed by atoms with Gasteiger partial charge in [-0.3, -0.25) is 4.79 Å². The number of nitrogens with one attached hydrogen (secondary N) is 1. The van der Waals surface area contributed by atoms with Gasteiger partial charge >= 0.3 is 5.97 Å². The summed E-state index contributed by atoms with van der Waals surface area (Å²) in [6, 6.07) is 8.20. The summed E-state index contributed by atoms with van der Waals surface area (Å²) in [6.45, 7) is 4.77. The van der Waals surface area contributed by atoms with E-state index in [1.54, 1.807) is 0 Å². The largest absolute Gasteiger partial charge is 0.426 e. The number of benzene rings is 1. The number of carbonyl (C=O) groups is 1. The van der Waals surface area contributed by atoms with E-state index >= 15 is 0 Å². The van der Waals surface area contributed by atoms with Gasteiger partial charge in [-0.05, 0) is 73.0 Å². The summed E-state index contributed by atoms with van der Waals surface area (Å²) in [7, 11) is 0. The van der Waals surface area contributed by atoms with Crippen molar-refractivity contribution in [3.05, 3.63) is 36.2 Å². The third-order valence-electron chi connectivity index (χ3n) is 6.56. The summed E-state index contributed by atoms with van der Waals surface area (Å²) in [6.07, 6.45) is 9.63. The van der Waals surface area contributed by atoms with Crippen molar-refractivity contribution in [3.63, 3.8) is 0 Å². The normalized spacial score (nSPS) is 29.4. The zero-order valence-corrected chi connectivity index (χ0v) is 17.5. The molecule has 28 heavy (non-hydrogen) atoms. The molecule has 2 aliphatic carbocycles. The Kier molecular flexibility index (Phi) is 5.76. The number of fused-ring (bicyclic) bond motifs is 2. The van der Waals surface area contributed by atoms with Crippen molar-refractivity contribution in [1.82, 2.24) is 15.2 Å². The molecule has 2 saturated carbocycles. The Labute approximate surface area is 171 Å². The van der Waals surface area contributed by atoms with Crippen LogP contribution in [0.5, 0.6) is 5.75 Å². The first kappa shape index (κ1) is 19.5. The number of hydrogen-bond acceptors (Lipinski definition) is 5. The Hall–Kier alpha value is -1.82. The fraction of sp³-hybridized carbons (Fsp3) is 0.591. The SMILES string of the molecule is CCC1CC2CC(C1)CC(C)(c1ccc(OC(=O)CSc3nnc[nH]3)cc1)C2. The molecule has 5 nitrogen and oxygen atoms in total. The van der Waals surface area contributed by atoms with Crippen molar-refractivity contribution in [2.75, 3.05) is 5.75 Å². The Morgan fingerprint density at radius 3 is 2.54 bits per heavy atom. The van der Waals surface area contributed by atoms with E-state index in [0.29, 0.717) is 10.9 Å². The minimum absolute atomic E-state index is 0.205. The van der Waals surface area contributed by atoms with E-state index in [2.05, 4.69) is 41.2 Å². The summed E-state index contributed by atoms with van der Waals surface area (Å²) in [5, 5.41) is 8.16. The van der Waals surface area contributed by atoms with Crippen LogP contribution in [0.25, 0.3) is 0 Å². The van der Waals surface area contributed by atoms with Gasteiger partial charge in [-0.2, -0.15) is 0 Å². The van der Waals surface area contributed by atoms with Crippen LogP contribution in [0, 0.1) is 17.8 Å². The van der Waals surface area contributed by atoms with Crippen LogP contribution in [-0.4, -0.2) is 26.9 Å². The molecule has 1 aromatic heterocycles. The van der Waals surface area contributed by atoms with Gasteiger partial charge in [-0.1, -0.05) is 44.2 Å². The molecular weight excluding hydrogens is 370 g/mol. The summed E-state index contributed by atoms with van der Waals surface area (Å²) >= 11 is 1.29. The Bertz CT molecular complexity index is 777. The lowest BCUT2D eigenvalue weighted by molar-refractivity contribution is -0.131. The van der Waals surface area contributed by atoms with Crippen LogP contribution in [0.4, 0.5) is 0 Å². The summed E-state index contributed by atoms with van der Waals surface area (Å²) in [5.41, 5.74) is 1.63. The van der Waals surface area contributed by atoms with E-state index in [0.717, 1.165) is 17.8 Å². The van der Waals surface area contributed by atoms with Crippen LogP contribution in [0.2, 0.25) is 0 Å². The van der Waals surface area contributed by atoms with Crippen LogP contribution in [0.15, 0.2) is 35.7 Å². The maximum Gasteiger partial charge on any atom is 0.321 e. The van der Waals surface area contributed by atoms with Crippen molar-refractivity contribution < 1.29 is 9.53 Å². The number of hydrogen-bond donors (Lipinski definition) is 1. The van der Waals surface area contributed by atoms with E-state index in [4.69, 9.17) is 4.74 Å². The van der Waals surface area contributed by atoms with Gasteiger partial charge in [0, 0.05) is 0 Å². The first-order valence-corrected chi connectivity index (χ1v) is 11.3. The molecule has 2 aliphatic rings. The molecule has 2 bridgehead atoms. The molecule has 0 radical (unpaired) electrons. The fourth-order valence-electron chi connectivity index (χ4n) is 5.44. The van der Waals surface area contributed by atoms with E-state index in [1.807, 2.05) is 12.1 Å². The lowest BCUT2D eigenvalue weighted by Crippen LogP contribution is -2.39. The molecule has 0 spiro atoms. The number of aromatic amines is 1. The Balaban J connectivity index is 1.35. The molecule has 1 heterocycles. The topological polar surface area (TPSA) is 67.9 Å². The highest BCUT2D eigenvalue weighted by molar-refractivity contribution is 7.99. The molecule has 2 fully saturated rings. The van der Waals surface area contributed by atoms with Crippen LogP contribution in [-0.2, 0) is 10.2 Å². The quantitative estimate of drug-likeness (QED) is 0.421. The maximum atomic E-state index is 12.0. The highest BCUT2D eigenvalue weighted by Crippen LogP contribution is 2.51. The fourth-order valence-corrected chi connectivity index (χ4v) is 6.00. The number of rotatable bonds is 6. The number of carbonyl (C=O) groups excluding carboxylic acids is 1. The smallest absolute Gasteiger partial charge is 0.321 e.